The van der Waals surface area contributed by atoms with Gasteiger partial charge in [-0.2, -0.15) is 0 Å². The molecule has 0 unspecified atom stereocenters. The summed E-state index contributed by atoms with van der Waals surface area (Å²) in [7, 11) is 0. The minimum absolute atomic E-state index is 0.171. The largest absolute Gasteiger partial charge is 0.338 e. The van der Waals surface area contributed by atoms with Crippen LogP contribution in [0.3, 0.4) is 0 Å². The van der Waals surface area contributed by atoms with E-state index in [4.69, 9.17) is 0 Å². The third-order valence-electron chi connectivity index (χ3n) is 3.39. The molecule has 24 heavy (non-hydrogen) atoms. The van der Waals surface area contributed by atoms with Gasteiger partial charge in [-0.05, 0) is 48.7 Å². The van der Waals surface area contributed by atoms with Crippen LogP contribution in [0.1, 0.15) is 18.1 Å². The average Bonchev–Trinajstić information content (AvgIpc) is 2.50. The number of carbonyl (C=O) groups excluding carboxylic acids is 2. The first-order valence-corrected chi connectivity index (χ1v) is 7.61. The number of hydrogen-bond donors (Lipinski definition) is 3. The number of rotatable bonds is 5. The van der Waals surface area contributed by atoms with Gasteiger partial charge in [-0.1, -0.05) is 18.2 Å². The quantitative estimate of drug-likeness (QED) is 0.786. The van der Waals surface area contributed by atoms with Crippen molar-refractivity contribution in [3.8, 4) is 0 Å². The zero-order valence-electron chi connectivity index (χ0n) is 13.7. The molecule has 0 atom stereocenters. The summed E-state index contributed by atoms with van der Waals surface area (Å²) in [6, 6.07) is 11.2. The topological polar surface area (TPSA) is 70.2 Å². The monoisotopic (exact) mass is 329 g/mol. The summed E-state index contributed by atoms with van der Waals surface area (Å²) in [4.78, 5) is 23.1. The van der Waals surface area contributed by atoms with E-state index in [1.807, 2.05) is 19.1 Å². The van der Waals surface area contributed by atoms with E-state index in [1.165, 1.54) is 19.1 Å². The van der Waals surface area contributed by atoms with Gasteiger partial charge in [-0.15, -0.1) is 0 Å². The van der Waals surface area contributed by atoms with Gasteiger partial charge >= 0.3 is 6.03 Å². The van der Waals surface area contributed by atoms with Crippen molar-refractivity contribution in [2.75, 3.05) is 17.2 Å². The first-order valence-electron chi connectivity index (χ1n) is 7.61. The summed E-state index contributed by atoms with van der Waals surface area (Å²) in [6.07, 6.45) is 0.538. The molecular weight excluding hydrogens is 309 g/mol. The maximum atomic E-state index is 13.1. The molecular formula is C18H20FN3O2. The summed E-state index contributed by atoms with van der Waals surface area (Å²) in [5.74, 6) is -0.461. The Morgan fingerprint density at radius 3 is 2.58 bits per heavy atom. The summed E-state index contributed by atoms with van der Waals surface area (Å²) in [6.45, 7) is 3.69. The molecule has 126 valence electrons. The van der Waals surface area contributed by atoms with Crippen LogP contribution in [-0.2, 0) is 11.2 Å². The number of urea groups is 1. The molecule has 0 saturated carbocycles. The van der Waals surface area contributed by atoms with E-state index in [9.17, 15) is 14.0 Å². The molecule has 2 aromatic carbocycles. The number of benzene rings is 2. The van der Waals surface area contributed by atoms with Crippen LogP contribution in [0.4, 0.5) is 20.6 Å². The Morgan fingerprint density at radius 1 is 1.08 bits per heavy atom. The van der Waals surface area contributed by atoms with E-state index in [-0.39, 0.29) is 17.8 Å². The summed E-state index contributed by atoms with van der Waals surface area (Å²) in [5.41, 5.74) is 2.95. The Labute approximate surface area is 140 Å². The van der Waals surface area contributed by atoms with Gasteiger partial charge in [0.15, 0.2) is 0 Å². The SMILES string of the molecule is CC(=O)Nc1cc(NC(=O)NCCc2cccc(F)c2)ccc1C. The van der Waals surface area contributed by atoms with E-state index in [2.05, 4.69) is 16.0 Å². The molecule has 0 bridgehead atoms. The fourth-order valence-electron chi connectivity index (χ4n) is 2.21. The zero-order valence-corrected chi connectivity index (χ0v) is 13.7. The Balaban J connectivity index is 1.87. The maximum absolute atomic E-state index is 13.1. The number of carbonyl (C=O) groups is 2. The highest BCUT2D eigenvalue weighted by molar-refractivity contribution is 5.93. The van der Waals surface area contributed by atoms with Gasteiger partial charge in [0.25, 0.3) is 0 Å². The van der Waals surface area contributed by atoms with E-state index in [0.717, 1.165) is 11.1 Å². The second kappa shape index (κ2) is 8.10. The molecule has 6 heteroatoms. The second-order valence-electron chi connectivity index (χ2n) is 5.47. The Bertz CT molecular complexity index is 747. The molecule has 0 fully saturated rings. The second-order valence-corrected chi connectivity index (χ2v) is 5.47. The Kier molecular flexibility index (Phi) is 5.89. The van der Waals surface area contributed by atoms with Crippen molar-refractivity contribution in [3.63, 3.8) is 0 Å². The molecule has 0 aliphatic carbocycles. The highest BCUT2D eigenvalue weighted by atomic mass is 19.1. The summed E-state index contributed by atoms with van der Waals surface area (Å²) in [5, 5.41) is 8.13. The van der Waals surface area contributed by atoms with E-state index in [0.29, 0.717) is 24.3 Å². The number of anilines is 2. The molecule has 2 aromatic rings. The van der Waals surface area contributed by atoms with Gasteiger partial charge in [-0.3, -0.25) is 4.79 Å². The van der Waals surface area contributed by atoms with Gasteiger partial charge in [0.1, 0.15) is 5.82 Å². The Hall–Kier alpha value is -2.89. The van der Waals surface area contributed by atoms with Gasteiger partial charge < -0.3 is 16.0 Å². The molecule has 2 rings (SSSR count). The molecule has 0 heterocycles. The first-order chi connectivity index (χ1) is 11.4. The van der Waals surface area contributed by atoms with Crippen molar-refractivity contribution in [2.45, 2.75) is 20.3 Å². The smallest absolute Gasteiger partial charge is 0.319 e. The molecule has 0 aliphatic rings. The number of halogens is 1. The van der Waals surface area contributed by atoms with Crippen molar-refractivity contribution in [1.29, 1.82) is 0 Å². The lowest BCUT2D eigenvalue weighted by atomic mass is 10.1. The molecule has 0 spiro atoms. The fourth-order valence-corrected chi connectivity index (χ4v) is 2.21. The standard InChI is InChI=1S/C18H20FN3O2/c1-12-6-7-16(11-17(12)21-13(2)23)22-18(24)20-9-8-14-4-3-5-15(19)10-14/h3-7,10-11H,8-9H2,1-2H3,(H,21,23)(H2,20,22,24). The predicted octanol–water partition coefficient (Wildman–Crippen LogP) is 3.46. The third-order valence-corrected chi connectivity index (χ3v) is 3.39. The third kappa shape index (κ3) is 5.39. The molecule has 0 aliphatic heterocycles. The van der Waals surface area contributed by atoms with Crippen LogP contribution in [0.25, 0.3) is 0 Å². The number of amides is 3. The molecule has 3 amide bonds. The summed E-state index contributed by atoms with van der Waals surface area (Å²) >= 11 is 0. The van der Waals surface area contributed by atoms with Crippen LogP contribution in [-0.4, -0.2) is 18.5 Å². The zero-order chi connectivity index (χ0) is 17.5. The molecule has 0 aromatic heterocycles. The fraction of sp³-hybridized carbons (Fsp3) is 0.222. The van der Waals surface area contributed by atoms with Gasteiger partial charge in [-0.25, -0.2) is 9.18 Å². The van der Waals surface area contributed by atoms with Crippen molar-refractivity contribution >= 4 is 23.3 Å². The molecule has 3 N–H and O–H groups in total. The maximum Gasteiger partial charge on any atom is 0.319 e. The first kappa shape index (κ1) is 17.5. The highest BCUT2D eigenvalue weighted by Gasteiger charge is 2.05. The lowest BCUT2D eigenvalue weighted by Gasteiger charge is -2.11. The highest BCUT2D eigenvalue weighted by Crippen LogP contribution is 2.20. The van der Waals surface area contributed by atoms with Crippen LogP contribution in [0.5, 0.6) is 0 Å². The molecule has 0 radical (unpaired) electrons. The number of nitrogens with one attached hydrogen (secondary N) is 3. The normalized spacial score (nSPS) is 10.1. The Morgan fingerprint density at radius 2 is 1.88 bits per heavy atom. The minimum atomic E-state index is -0.357. The van der Waals surface area contributed by atoms with E-state index < -0.39 is 0 Å². The lowest BCUT2D eigenvalue weighted by Crippen LogP contribution is -2.30. The van der Waals surface area contributed by atoms with Crippen LogP contribution in [0.2, 0.25) is 0 Å². The minimum Gasteiger partial charge on any atom is -0.338 e. The van der Waals surface area contributed by atoms with Crippen molar-refractivity contribution in [1.82, 2.24) is 5.32 Å². The van der Waals surface area contributed by atoms with Crippen LogP contribution >= 0.6 is 0 Å². The molecule has 5 nitrogen and oxygen atoms in total. The molecule has 0 saturated heterocycles. The van der Waals surface area contributed by atoms with E-state index >= 15 is 0 Å². The van der Waals surface area contributed by atoms with Crippen LogP contribution in [0.15, 0.2) is 42.5 Å². The van der Waals surface area contributed by atoms with Gasteiger partial charge in [0.2, 0.25) is 5.91 Å². The van der Waals surface area contributed by atoms with Crippen molar-refractivity contribution < 1.29 is 14.0 Å². The van der Waals surface area contributed by atoms with Crippen LogP contribution in [0, 0.1) is 12.7 Å². The van der Waals surface area contributed by atoms with Crippen LogP contribution < -0.4 is 16.0 Å². The number of hydrogen-bond acceptors (Lipinski definition) is 2. The van der Waals surface area contributed by atoms with Gasteiger partial charge in [0, 0.05) is 24.8 Å². The predicted molar refractivity (Wildman–Crippen MR) is 92.6 cm³/mol. The van der Waals surface area contributed by atoms with Crippen molar-refractivity contribution in [2.24, 2.45) is 0 Å². The number of aryl methyl sites for hydroxylation is 1. The summed E-state index contributed by atoms with van der Waals surface area (Å²) < 4.78 is 13.1. The lowest BCUT2D eigenvalue weighted by molar-refractivity contribution is -0.114. The van der Waals surface area contributed by atoms with E-state index in [1.54, 1.807) is 18.2 Å². The van der Waals surface area contributed by atoms with Gasteiger partial charge in [0.05, 0.1) is 0 Å². The average molecular weight is 329 g/mol. The van der Waals surface area contributed by atoms with Crippen molar-refractivity contribution in [3.05, 3.63) is 59.4 Å².